The van der Waals surface area contributed by atoms with E-state index in [0.717, 1.165) is 31.6 Å². The first-order chi connectivity index (χ1) is 8.37. The highest BCUT2D eigenvalue weighted by molar-refractivity contribution is 7.59. The largest absolute Gasteiger partial charge is 0.444 e. The molecule has 0 saturated carbocycles. The van der Waals surface area contributed by atoms with Gasteiger partial charge in [-0.05, 0) is 52.4 Å². The van der Waals surface area contributed by atoms with Gasteiger partial charge in [0, 0.05) is 12.1 Å². The minimum Gasteiger partial charge on any atom is -0.444 e. The number of carbonyl (C=O) groups excluding carboxylic acids is 1. The van der Waals surface area contributed by atoms with E-state index in [0.29, 0.717) is 12.1 Å². The maximum Gasteiger partial charge on any atom is 0.410 e. The van der Waals surface area contributed by atoms with Crippen LogP contribution in [0.4, 0.5) is 4.79 Å². The third kappa shape index (κ3) is 4.90. The van der Waals surface area contributed by atoms with Gasteiger partial charge in [-0.2, -0.15) is 13.5 Å². The Morgan fingerprint density at radius 3 is 1.89 bits per heavy atom. The van der Waals surface area contributed by atoms with Gasteiger partial charge in [0.25, 0.3) is 0 Å². The molecule has 2 aliphatic rings. The highest BCUT2D eigenvalue weighted by Crippen LogP contribution is 2.39. The monoisotopic (exact) mass is 289 g/mol. The molecule has 19 heavy (non-hydrogen) atoms. The van der Waals surface area contributed by atoms with E-state index in [2.05, 4.69) is 6.92 Å². The molecule has 0 aromatic heterocycles. The van der Waals surface area contributed by atoms with Crippen LogP contribution in [0, 0.1) is 5.92 Å². The van der Waals surface area contributed by atoms with Gasteiger partial charge in [-0.3, -0.25) is 0 Å². The molecule has 2 saturated heterocycles. The summed E-state index contributed by atoms with van der Waals surface area (Å²) in [6, 6.07) is 0.868. The van der Waals surface area contributed by atoms with Crippen LogP contribution in [0.15, 0.2) is 0 Å². The van der Waals surface area contributed by atoms with E-state index >= 15 is 0 Å². The Kier molecular flexibility index (Phi) is 7.27. The molecule has 2 unspecified atom stereocenters. The van der Waals surface area contributed by atoms with Crippen LogP contribution in [0.5, 0.6) is 0 Å². The molecule has 0 aromatic carbocycles. The van der Waals surface area contributed by atoms with Gasteiger partial charge in [0.1, 0.15) is 5.60 Å². The second kappa shape index (κ2) is 7.41. The van der Waals surface area contributed by atoms with Gasteiger partial charge in [-0.25, -0.2) is 4.79 Å². The van der Waals surface area contributed by atoms with Gasteiger partial charge in [0.15, 0.2) is 0 Å². The molecule has 4 heteroatoms. The van der Waals surface area contributed by atoms with Crippen LogP contribution < -0.4 is 0 Å². The van der Waals surface area contributed by atoms with Crippen molar-refractivity contribution in [2.24, 2.45) is 5.92 Å². The Bertz CT molecular complexity index is 274. The third-order valence-corrected chi connectivity index (χ3v) is 3.57. The van der Waals surface area contributed by atoms with Crippen molar-refractivity contribution in [1.82, 2.24) is 4.90 Å². The van der Waals surface area contributed by atoms with Crippen molar-refractivity contribution >= 4 is 19.6 Å². The summed E-state index contributed by atoms with van der Waals surface area (Å²) in [7, 11) is 0. The zero-order valence-electron chi connectivity index (χ0n) is 13.3. The van der Waals surface area contributed by atoms with E-state index in [1.54, 1.807) is 0 Å². The molecule has 2 aliphatic heterocycles. The summed E-state index contributed by atoms with van der Waals surface area (Å²) in [5.74, 6) is 0.760. The number of piperidine rings is 1. The summed E-state index contributed by atoms with van der Waals surface area (Å²) in [5, 5.41) is 0. The highest BCUT2D eigenvalue weighted by Gasteiger charge is 2.43. The summed E-state index contributed by atoms with van der Waals surface area (Å²) in [6.45, 7) is 12.1. The number of hydrogen-bond acceptors (Lipinski definition) is 2. The van der Waals surface area contributed by atoms with E-state index in [1.807, 2.05) is 39.5 Å². The predicted octanol–water partition coefficient (Wildman–Crippen LogP) is 4.32. The van der Waals surface area contributed by atoms with Crippen molar-refractivity contribution in [1.29, 1.82) is 0 Å². The summed E-state index contributed by atoms with van der Waals surface area (Å²) >= 11 is 0. The molecule has 0 aliphatic carbocycles. The molecule has 2 bridgehead atoms. The van der Waals surface area contributed by atoms with Crippen LogP contribution in [0.2, 0.25) is 0 Å². The normalized spacial score (nSPS) is 28.9. The molecule has 114 valence electrons. The predicted molar refractivity (Wildman–Crippen MR) is 85.0 cm³/mol. The zero-order chi connectivity index (χ0) is 13.9. The lowest BCUT2D eigenvalue weighted by Gasteiger charge is -2.38. The SMILES string of the molecule is CC.CC1CC2CCC(C1)N2C(=O)OC(C)(C)C.S. The molecule has 0 radical (unpaired) electrons. The third-order valence-electron chi connectivity index (χ3n) is 3.57. The van der Waals surface area contributed by atoms with E-state index < -0.39 is 0 Å². The van der Waals surface area contributed by atoms with Crippen LogP contribution in [0.25, 0.3) is 0 Å². The molecule has 2 fully saturated rings. The molecule has 0 N–H and O–H groups in total. The van der Waals surface area contributed by atoms with E-state index in [4.69, 9.17) is 4.74 Å². The van der Waals surface area contributed by atoms with Crippen LogP contribution >= 0.6 is 13.5 Å². The van der Waals surface area contributed by atoms with Crippen LogP contribution in [0.3, 0.4) is 0 Å². The van der Waals surface area contributed by atoms with Gasteiger partial charge >= 0.3 is 6.09 Å². The lowest BCUT2D eigenvalue weighted by molar-refractivity contribution is 0.00317. The number of rotatable bonds is 0. The van der Waals surface area contributed by atoms with Gasteiger partial charge < -0.3 is 9.64 Å². The first kappa shape index (κ1) is 18.6. The van der Waals surface area contributed by atoms with Crippen LogP contribution in [0.1, 0.15) is 67.2 Å². The minimum absolute atomic E-state index is 0. The summed E-state index contributed by atoms with van der Waals surface area (Å²) in [6.07, 6.45) is 4.51. The minimum atomic E-state index is -0.375. The molecular formula is C15H31NO2S. The van der Waals surface area contributed by atoms with Crippen molar-refractivity contribution in [3.8, 4) is 0 Å². The lowest BCUT2D eigenvalue weighted by Crippen LogP contribution is -2.48. The first-order valence-corrected chi connectivity index (χ1v) is 7.38. The molecule has 0 spiro atoms. The van der Waals surface area contributed by atoms with Gasteiger partial charge in [-0.1, -0.05) is 20.8 Å². The second-order valence-corrected chi connectivity index (χ2v) is 6.35. The van der Waals surface area contributed by atoms with Crippen LogP contribution in [-0.4, -0.2) is 28.7 Å². The highest BCUT2D eigenvalue weighted by atomic mass is 32.1. The molecular weight excluding hydrogens is 258 g/mol. The Morgan fingerprint density at radius 1 is 1.11 bits per heavy atom. The van der Waals surface area contributed by atoms with Crippen molar-refractivity contribution < 1.29 is 9.53 Å². The van der Waals surface area contributed by atoms with E-state index in [9.17, 15) is 4.79 Å². The fourth-order valence-corrected chi connectivity index (χ4v) is 3.06. The Balaban J connectivity index is 0.00000103. The first-order valence-electron chi connectivity index (χ1n) is 7.38. The van der Waals surface area contributed by atoms with Crippen molar-refractivity contribution in [2.45, 2.75) is 84.9 Å². The molecule has 2 atom stereocenters. The Morgan fingerprint density at radius 2 is 1.53 bits per heavy atom. The number of nitrogens with zero attached hydrogens (tertiary/aromatic N) is 1. The average molecular weight is 289 g/mol. The number of fused-ring (bicyclic) bond motifs is 2. The summed E-state index contributed by atoms with van der Waals surface area (Å²) in [4.78, 5) is 14.1. The Labute approximate surface area is 125 Å². The molecule has 2 rings (SSSR count). The summed E-state index contributed by atoms with van der Waals surface area (Å²) in [5.41, 5.74) is -0.375. The topological polar surface area (TPSA) is 29.5 Å². The number of amides is 1. The van der Waals surface area contributed by atoms with E-state index in [-0.39, 0.29) is 25.2 Å². The molecule has 1 amide bonds. The maximum absolute atomic E-state index is 12.1. The number of ether oxygens (including phenoxy) is 1. The molecule has 2 heterocycles. The number of carbonyl (C=O) groups is 1. The standard InChI is InChI=1S/C13H23NO2.C2H6.H2S/c1-9-7-10-5-6-11(8-9)14(10)12(15)16-13(2,3)4;1-2;/h9-11H,5-8H2,1-4H3;1-2H3;1H2. The zero-order valence-corrected chi connectivity index (χ0v) is 14.3. The fraction of sp³-hybridized carbons (Fsp3) is 0.933. The smallest absolute Gasteiger partial charge is 0.410 e. The lowest BCUT2D eigenvalue weighted by atomic mass is 9.93. The molecule has 0 aromatic rings. The summed E-state index contributed by atoms with van der Waals surface area (Å²) < 4.78 is 5.48. The Hall–Kier alpha value is -0.380. The van der Waals surface area contributed by atoms with Crippen molar-refractivity contribution in [3.63, 3.8) is 0 Å². The van der Waals surface area contributed by atoms with Gasteiger partial charge in [0.05, 0.1) is 0 Å². The second-order valence-electron chi connectivity index (χ2n) is 6.35. The molecule has 3 nitrogen and oxygen atoms in total. The quantitative estimate of drug-likeness (QED) is 0.664. The van der Waals surface area contributed by atoms with Gasteiger partial charge in [-0.15, -0.1) is 0 Å². The van der Waals surface area contributed by atoms with E-state index in [1.165, 1.54) is 0 Å². The number of hydrogen-bond donors (Lipinski definition) is 0. The van der Waals surface area contributed by atoms with Gasteiger partial charge in [0.2, 0.25) is 0 Å². The van der Waals surface area contributed by atoms with Crippen LogP contribution in [-0.2, 0) is 4.74 Å². The maximum atomic E-state index is 12.1. The fourth-order valence-electron chi connectivity index (χ4n) is 3.06. The van der Waals surface area contributed by atoms with Crippen molar-refractivity contribution in [2.75, 3.05) is 0 Å². The average Bonchev–Trinajstić information content (AvgIpc) is 2.52. The van der Waals surface area contributed by atoms with Crippen molar-refractivity contribution in [3.05, 3.63) is 0 Å².